The van der Waals surface area contributed by atoms with Crippen molar-refractivity contribution in [3.63, 3.8) is 0 Å². The second-order valence-electron chi connectivity index (χ2n) is 9.53. The maximum Gasteiger partial charge on any atom is 0.229 e. The largest absolute Gasteiger partial charge is 0.369 e. The van der Waals surface area contributed by atoms with E-state index in [2.05, 4.69) is 37.6 Å². The van der Waals surface area contributed by atoms with Crippen molar-refractivity contribution in [2.75, 3.05) is 50.4 Å². The number of halogens is 1. The normalized spacial score (nSPS) is 20.8. The Balaban J connectivity index is 1.33. The molecule has 32 heavy (non-hydrogen) atoms. The van der Waals surface area contributed by atoms with Crippen LogP contribution in [0.15, 0.2) is 12.4 Å². The third-order valence-electron chi connectivity index (χ3n) is 6.42. The van der Waals surface area contributed by atoms with Crippen LogP contribution in [0.3, 0.4) is 0 Å². The smallest absolute Gasteiger partial charge is 0.229 e. The van der Waals surface area contributed by atoms with Crippen molar-refractivity contribution in [1.29, 1.82) is 0 Å². The van der Waals surface area contributed by atoms with Gasteiger partial charge in [-0.2, -0.15) is 10.1 Å². The number of hydrogen-bond donors (Lipinski definition) is 2. The lowest BCUT2D eigenvalue weighted by Gasteiger charge is -2.19. The number of hydrogen-bond acceptors (Lipinski definition) is 7. The molecule has 174 valence electrons. The van der Waals surface area contributed by atoms with E-state index in [0.29, 0.717) is 29.4 Å². The van der Waals surface area contributed by atoms with E-state index in [1.165, 1.54) is 0 Å². The number of carbonyl (C=O) groups is 1. The Morgan fingerprint density at radius 3 is 2.81 bits per heavy atom. The van der Waals surface area contributed by atoms with Gasteiger partial charge in [-0.25, -0.2) is 4.98 Å². The zero-order chi connectivity index (χ0) is 22.9. The summed E-state index contributed by atoms with van der Waals surface area (Å²) in [5.41, 5.74) is 1.57. The average molecular weight is 461 g/mol. The molecule has 1 amide bonds. The van der Waals surface area contributed by atoms with Crippen LogP contribution in [0.4, 0.5) is 17.5 Å². The van der Waals surface area contributed by atoms with Gasteiger partial charge in [0.1, 0.15) is 10.8 Å². The first-order chi connectivity index (χ1) is 15.2. The summed E-state index contributed by atoms with van der Waals surface area (Å²) in [5, 5.41) is 11.7. The molecule has 2 aliphatic rings. The van der Waals surface area contributed by atoms with Crippen LogP contribution in [0.1, 0.15) is 44.8 Å². The van der Waals surface area contributed by atoms with Crippen LogP contribution in [0.2, 0.25) is 5.02 Å². The number of carbonyl (C=O) groups excluding carboxylic acids is 1. The van der Waals surface area contributed by atoms with Gasteiger partial charge in [-0.15, -0.1) is 0 Å². The van der Waals surface area contributed by atoms with E-state index in [-0.39, 0.29) is 11.3 Å². The number of amides is 1. The number of aromatic nitrogens is 4. The highest BCUT2D eigenvalue weighted by Crippen LogP contribution is 2.30. The van der Waals surface area contributed by atoms with Gasteiger partial charge in [-0.05, 0) is 39.8 Å². The van der Waals surface area contributed by atoms with Crippen molar-refractivity contribution in [2.24, 2.45) is 5.41 Å². The summed E-state index contributed by atoms with van der Waals surface area (Å²) in [5.74, 6) is 1.29. The zero-order valence-corrected chi connectivity index (χ0v) is 20.1. The number of anilines is 3. The Bertz CT molecular complexity index is 975. The summed E-state index contributed by atoms with van der Waals surface area (Å²) >= 11 is 6.30. The van der Waals surface area contributed by atoms with Crippen molar-refractivity contribution in [3.05, 3.63) is 23.1 Å². The molecule has 1 unspecified atom stereocenters. The zero-order valence-electron chi connectivity index (χ0n) is 19.4. The highest BCUT2D eigenvalue weighted by Gasteiger charge is 2.37. The minimum absolute atomic E-state index is 0.233. The van der Waals surface area contributed by atoms with Gasteiger partial charge >= 0.3 is 0 Å². The van der Waals surface area contributed by atoms with E-state index in [4.69, 9.17) is 11.6 Å². The Hall–Kier alpha value is -2.39. The van der Waals surface area contributed by atoms with Crippen LogP contribution in [-0.2, 0) is 4.79 Å². The Morgan fingerprint density at radius 2 is 2.12 bits per heavy atom. The van der Waals surface area contributed by atoms with Crippen LogP contribution in [0.5, 0.6) is 0 Å². The first-order valence-electron chi connectivity index (χ1n) is 11.3. The van der Waals surface area contributed by atoms with E-state index in [0.717, 1.165) is 56.8 Å². The number of aryl methyl sites for hydroxylation is 1. The molecule has 2 aromatic heterocycles. The molecule has 0 aromatic carbocycles. The number of likely N-dealkylation sites (N-methyl/N-ethyl adjacent to an activating group) is 1. The van der Waals surface area contributed by atoms with Gasteiger partial charge in [0.25, 0.3) is 0 Å². The van der Waals surface area contributed by atoms with Crippen LogP contribution < -0.4 is 10.6 Å². The molecule has 2 saturated heterocycles. The lowest BCUT2D eigenvalue weighted by molar-refractivity contribution is -0.134. The summed E-state index contributed by atoms with van der Waals surface area (Å²) < 4.78 is 2.04. The second-order valence-corrected chi connectivity index (χ2v) is 9.94. The van der Waals surface area contributed by atoms with Crippen LogP contribution in [0, 0.1) is 12.3 Å². The van der Waals surface area contributed by atoms with Crippen LogP contribution in [0.25, 0.3) is 0 Å². The molecule has 9 nitrogen and oxygen atoms in total. The summed E-state index contributed by atoms with van der Waals surface area (Å²) in [6.07, 6.45) is 6.46. The molecule has 0 bridgehead atoms. The predicted octanol–water partition coefficient (Wildman–Crippen LogP) is 3.32. The first kappa shape index (κ1) is 22.8. The summed E-state index contributed by atoms with van der Waals surface area (Å²) in [6.45, 7) is 10.3. The van der Waals surface area contributed by atoms with Crippen LogP contribution in [-0.4, -0.2) is 75.2 Å². The number of nitrogens with zero attached hydrogens (tertiary/aromatic N) is 6. The Morgan fingerprint density at radius 1 is 1.31 bits per heavy atom. The molecule has 0 aliphatic carbocycles. The third-order valence-corrected chi connectivity index (χ3v) is 6.69. The lowest BCUT2D eigenvalue weighted by atomic mass is 9.92. The molecule has 2 N–H and O–H groups in total. The minimum atomic E-state index is -0.233. The Kier molecular flexibility index (Phi) is 6.57. The summed E-state index contributed by atoms with van der Waals surface area (Å²) in [6, 6.07) is 0.394. The number of likely N-dealkylation sites (tertiary alicyclic amines) is 2. The predicted molar refractivity (Wildman–Crippen MR) is 127 cm³/mol. The summed E-state index contributed by atoms with van der Waals surface area (Å²) in [7, 11) is 2.13. The lowest BCUT2D eigenvalue weighted by Crippen LogP contribution is -2.32. The maximum atomic E-state index is 12.3. The van der Waals surface area contributed by atoms with Gasteiger partial charge in [0.15, 0.2) is 0 Å². The van der Waals surface area contributed by atoms with Gasteiger partial charge in [0, 0.05) is 37.8 Å². The van der Waals surface area contributed by atoms with E-state index in [9.17, 15) is 4.79 Å². The molecular formula is C22H33ClN8O. The Labute approximate surface area is 194 Å². The molecule has 10 heteroatoms. The number of rotatable bonds is 8. The second kappa shape index (κ2) is 9.23. The average Bonchev–Trinajstić information content (AvgIpc) is 3.41. The van der Waals surface area contributed by atoms with Crippen LogP contribution >= 0.6 is 11.6 Å². The summed E-state index contributed by atoms with van der Waals surface area (Å²) in [4.78, 5) is 25.5. The van der Waals surface area contributed by atoms with Gasteiger partial charge < -0.3 is 20.4 Å². The van der Waals surface area contributed by atoms with Crippen molar-refractivity contribution in [3.8, 4) is 0 Å². The van der Waals surface area contributed by atoms with E-state index >= 15 is 0 Å². The van der Waals surface area contributed by atoms with Gasteiger partial charge in [-0.3, -0.25) is 9.48 Å². The SMILES string of the molecule is Cc1nn(C2CCN(C)C2)cc1Nc1ncc(Cl)c(NCCCN2CCC(C)(C)C2=O)n1. The van der Waals surface area contributed by atoms with Crippen molar-refractivity contribution in [1.82, 2.24) is 29.5 Å². The molecule has 4 rings (SSSR count). The monoisotopic (exact) mass is 460 g/mol. The van der Waals surface area contributed by atoms with E-state index < -0.39 is 0 Å². The first-order valence-corrected chi connectivity index (χ1v) is 11.7. The molecule has 0 saturated carbocycles. The quantitative estimate of drug-likeness (QED) is 0.584. The molecule has 2 fully saturated rings. The van der Waals surface area contributed by atoms with Gasteiger partial charge in [0.05, 0.1) is 23.6 Å². The minimum Gasteiger partial charge on any atom is -0.369 e. The standard InChI is InChI=1S/C22H33ClN8O/c1-15-18(14-31(28-15)16-6-10-29(4)13-16)26-21-25-12-17(23)19(27-21)24-8-5-9-30-11-7-22(2,3)20(30)32/h12,14,16H,5-11,13H2,1-4H3,(H2,24,25,26,27). The molecular weight excluding hydrogens is 428 g/mol. The topological polar surface area (TPSA) is 91.2 Å². The molecule has 0 radical (unpaired) electrons. The van der Waals surface area contributed by atoms with E-state index in [1.54, 1.807) is 6.20 Å². The highest BCUT2D eigenvalue weighted by atomic mass is 35.5. The maximum absolute atomic E-state index is 12.3. The third kappa shape index (κ3) is 4.99. The van der Waals surface area contributed by atoms with Crippen molar-refractivity contribution in [2.45, 2.75) is 46.1 Å². The fourth-order valence-corrected chi connectivity index (χ4v) is 4.49. The molecule has 2 aromatic rings. The van der Waals surface area contributed by atoms with Gasteiger partial charge in [-0.1, -0.05) is 25.4 Å². The van der Waals surface area contributed by atoms with E-state index in [1.807, 2.05) is 36.5 Å². The van der Waals surface area contributed by atoms with Crippen molar-refractivity contribution < 1.29 is 4.79 Å². The molecule has 4 heterocycles. The molecule has 0 spiro atoms. The molecule has 2 aliphatic heterocycles. The molecule has 1 atom stereocenters. The van der Waals surface area contributed by atoms with Crippen molar-refractivity contribution >= 4 is 35.0 Å². The van der Waals surface area contributed by atoms with Gasteiger partial charge in [0.2, 0.25) is 11.9 Å². The highest BCUT2D eigenvalue weighted by molar-refractivity contribution is 6.32. The number of nitrogens with one attached hydrogen (secondary N) is 2. The fraction of sp³-hybridized carbons (Fsp3) is 0.636. The fourth-order valence-electron chi connectivity index (χ4n) is 4.33.